The molecule has 0 aromatic carbocycles. The highest BCUT2D eigenvalue weighted by Crippen LogP contribution is 2.08. The van der Waals surface area contributed by atoms with Gasteiger partial charge in [0.25, 0.3) is 0 Å². The summed E-state index contributed by atoms with van der Waals surface area (Å²) in [5.74, 6) is -0.717. The molecule has 0 amide bonds. The highest BCUT2D eigenvalue weighted by Gasteiger charge is 2.12. The Labute approximate surface area is 112 Å². The van der Waals surface area contributed by atoms with E-state index in [2.05, 4.69) is 19.2 Å². The molecule has 0 heterocycles. The van der Waals surface area contributed by atoms with Gasteiger partial charge in [0.1, 0.15) is 0 Å². The normalized spacial score (nSPS) is 12.2. The van der Waals surface area contributed by atoms with Crippen LogP contribution in [0.15, 0.2) is 12.3 Å². The molecule has 0 atom stereocenters. The average molecular weight is 256 g/mol. The first-order chi connectivity index (χ1) is 8.48. The molecule has 0 rings (SSSR count). The van der Waals surface area contributed by atoms with E-state index in [1.54, 1.807) is 0 Å². The third kappa shape index (κ3) is 11.6. The molecule has 0 aliphatic carbocycles. The molecule has 0 fully saturated rings. The minimum absolute atomic E-state index is 0.231. The summed E-state index contributed by atoms with van der Waals surface area (Å²) in [4.78, 5) is 10.5. The molecule has 0 saturated carbocycles. The summed E-state index contributed by atoms with van der Waals surface area (Å²) in [6.07, 6.45) is 13.6. The molecule has 3 heteroatoms. The monoisotopic (exact) mass is 256 g/mol. The molecule has 0 unspecified atom stereocenters. The van der Waals surface area contributed by atoms with Crippen LogP contribution in [0.2, 0.25) is 0 Å². The maximum absolute atomic E-state index is 10.5. The number of allylic oxidation sites excluding steroid dienone is 1. The number of unbranched alkanes of at least 4 members (excludes halogenated alkanes) is 6. The number of quaternary nitrogens is 1. The summed E-state index contributed by atoms with van der Waals surface area (Å²) >= 11 is 0. The molecule has 0 radical (unpaired) electrons. The van der Waals surface area contributed by atoms with Gasteiger partial charge in [-0.2, -0.15) is 0 Å². The van der Waals surface area contributed by atoms with E-state index in [1.807, 2.05) is 14.1 Å². The molecule has 0 aromatic heterocycles. The van der Waals surface area contributed by atoms with Gasteiger partial charge < -0.3 is 9.59 Å². The first-order valence-electron chi connectivity index (χ1n) is 7.20. The van der Waals surface area contributed by atoms with Crippen molar-refractivity contribution in [1.82, 2.24) is 0 Å². The summed E-state index contributed by atoms with van der Waals surface area (Å²) in [6.45, 7) is 2.89. The summed E-state index contributed by atoms with van der Waals surface area (Å²) in [5.41, 5.74) is 0. The fourth-order valence-electron chi connectivity index (χ4n) is 1.86. The topological polar surface area (TPSA) is 37.3 Å². The van der Waals surface area contributed by atoms with Crippen LogP contribution in [-0.2, 0) is 4.79 Å². The van der Waals surface area contributed by atoms with Gasteiger partial charge in [-0.15, -0.1) is 0 Å². The Morgan fingerprint density at radius 3 is 2.33 bits per heavy atom. The summed E-state index contributed by atoms with van der Waals surface area (Å²) in [5, 5.41) is 8.66. The van der Waals surface area contributed by atoms with Gasteiger partial charge in [-0.3, -0.25) is 4.79 Å². The highest BCUT2D eigenvalue weighted by molar-refractivity contribution is 5.66. The zero-order chi connectivity index (χ0) is 13.9. The molecule has 0 aliphatic heterocycles. The second-order valence-corrected chi connectivity index (χ2v) is 5.59. The van der Waals surface area contributed by atoms with E-state index < -0.39 is 5.97 Å². The SMILES string of the molecule is CCCCCCCCC=C[N+](C)(C)CCC(=O)O. The number of hydrogen-bond donors (Lipinski definition) is 1. The van der Waals surface area contributed by atoms with Crippen LogP contribution in [0, 0.1) is 0 Å². The Morgan fingerprint density at radius 1 is 1.11 bits per heavy atom. The van der Waals surface area contributed by atoms with E-state index in [-0.39, 0.29) is 6.42 Å². The van der Waals surface area contributed by atoms with Crippen LogP contribution in [0.1, 0.15) is 58.3 Å². The van der Waals surface area contributed by atoms with Gasteiger partial charge in [-0.1, -0.05) is 39.0 Å². The van der Waals surface area contributed by atoms with E-state index in [4.69, 9.17) is 5.11 Å². The van der Waals surface area contributed by atoms with Crippen molar-refractivity contribution in [2.45, 2.75) is 58.3 Å². The van der Waals surface area contributed by atoms with Crippen LogP contribution >= 0.6 is 0 Å². The lowest BCUT2D eigenvalue weighted by Gasteiger charge is -2.23. The fourth-order valence-corrected chi connectivity index (χ4v) is 1.86. The maximum Gasteiger partial charge on any atom is 0.309 e. The standard InChI is InChI=1S/C15H29NO2/c1-4-5-6-7-8-9-10-11-13-16(2,3)14-12-15(17)18/h11,13H,4-10,12,14H2,1-3H3/p+1. The summed E-state index contributed by atoms with van der Waals surface area (Å²) in [7, 11) is 4.08. The molecule has 0 aromatic rings. The molecule has 106 valence electrons. The van der Waals surface area contributed by atoms with Crippen molar-refractivity contribution in [3.8, 4) is 0 Å². The number of rotatable bonds is 11. The molecule has 1 N–H and O–H groups in total. The largest absolute Gasteiger partial charge is 0.481 e. The van der Waals surface area contributed by atoms with Crippen molar-refractivity contribution in [2.24, 2.45) is 0 Å². The molecule has 0 saturated heterocycles. The van der Waals surface area contributed by atoms with E-state index in [0.717, 1.165) is 6.42 Å². The highest BCUT2D eigenvalue weighted by atomic mass is 16.4. The lowest BCUT2D eigenvalue weighted by atomic mass is 10.1. The van der Waals surface area contributed by atoms with Gasteiger partial charge in [-0.05, 0) is 18.9 Å². The van der Waals surface area contributed by atoms with Crippen LogP contribution < -0.4 is 0 Å². The predicted molar refractivity (Wildman–Crippen MR) is 76.4 cm³/mol. The van der Waals surface area contributed by atoms with Crippen molar-refractivity contribution < 1.29 is 14.4 Å². The molecule has 3 nitrogen and oxygen atoms in total. The number of aliphatic carboxylic acids is 1. The number of carboxylic acid groups (broad SMARTS) is 1. The number of hydrogen-bond acceptors (Lipinski definition) is 1. The number of carbonyl (C=O) groups is 1. The van der Waals surface area contributed by atoms with E-state index in [0.29, 0.717) is 11.0 Å². The zero-order valence-corrected chi connectivity index (χ0v) is 12.3. The van der Waals surface area contributed by atoms with Crippen molar-refractivity contribution >= 4 is 5.97 Å². The lowest BCUT2D eigenvalue weighted by Crippen LogP contribution is -2.35. The van der Waals surface area contributed by atoms with Crippen LogP contribution in [0.3, 0.4) is 0 Å². The van der Waals surface area contributed by atoms with Crippen molar-refractivity contribution in [3.05, 3.63) is 12.3 Å². The second kappa shape index (κ2) is 10.1. The van der Waals surface area contributed by atoms with Crippen LogP contribution in [0.25, 0.3) is 0 Å². The smallest absolute Gasteiger partial charge is 0.309 e. The van der Waals surface area contributed by atoms with Gasteiger partial charge in [0, 0.05) is 0 Å². The van der Waals surface area contributed by atoms with E-state index >= 15 is 0 Å². The number of carboxylic acids is 1. The van der Waals surface area contributed by atoms with Crippen molar-refractivity contribution in [1.29, 1.82) is 0 Å². The molecule has 0 spiro atoms. The predicted octanol–water partition coefficient (Wildman–Crippen LogP) is 3.80. The molecule has 18 heavy (non-hydrogen) atoms. The molecule has 0 aliphatic rings. The quantitative estimate of drug-likeness (QED) is 0.451. The third-order valence-corrected chi connectivity index (χ3v) is 3.14. The maximum atomic E-state index is 10.5. The van der Waals surface area contributed by atoms with Crippen LogP contribution in [-0.4, -0.2) is 36.2 Å². The zero-order valence-electron chi connectivity index (χ0n) is 12.3. The molecular weight excluding hydrogens is 226 g/mol. The van der Waals surface area contributed by atoms with Gasteiger partial charge in [-0.25, -0.2) is 0 Å². The first kappa shape index (κ1) is 17.2. The summed E-state index contributed by atoms with van der Waals surface area (Å²) < 4.78 is 0.655. The molecular formula is C15H30NO2+. The van der Waals surface area contributed by atoms with Gasteiger partial charge in [0.05, 0.1) is 33.3 Å². The Bertz CT molecular complexity index is 247. The van der Waals surface area contributed by atoms with Crippen LogP contribution in [0.4, 0.5) is 0 Å². The third-order valence-electron chi connectivity index (χ3n) is 3.14. The van der Waals surface area contributed by atoms with Gasteiger partial charge >= 0.3 is 5.97 Å². The van der Waals surface area contributed by atoms with Gasteiger partial charge in [0.2, 0.25) is 0 Å². The second-order valence-electron chi connectivity index (χ2n) is 5.59. The Hall–Kier alpha value is -0.830. The van der Waals surface area contributed by atoms with E-state index in [9.17, 15) is 4.79 Å². The fraction of sp³-hybridized carbons (Fsp3) is 0.800. The van der Waals surface area contributed by atoms with Crippen LogP contribution in [0.5, 0.6) is 0 Å². The van der Waals surface area contributed by atoms with Gasteiger partial charge in [0.15, 0.2) is 0 Å². The van der Waals surface area contributed by atoms with Crippen molar-refractivity contribution in [3.63, 3.8) is 0 Å². The first-order valence-corrected chi connectivity index (χ1v) is 7.20. The Morgan fingerprint density at radius 2 is 1.72 bits per heavy atom. The summed E-state index contributed by atoms with van der Waals surface area (Å²) in [6, 6.07) is 0. The lowest BCUT2D eigenvalue weighted by molar-refractivity contribution is -0.838. The average Bonchev–Trinajstić information content (AvgIpc) is 2.30. The molecule has 0 bridgehead atoms. The minimum atomic E-state index is -0.717. The van der Waals surface area contributed by atoms with Crippen molar-refractivity contribution in [2.75, 3.05) is 20.6 Å². The van der Waals surface area contributed by atoms with E-state index in [1.165, 1.54) is 38.5 Å². The Balaban J connectivity index is 3.57. The minimum Gasteiger partial charge on any atom is -0.481 e. The Kier molecular flexibility index (Phi) is 9.66. The number of nitrogens with zero attached hydrogens (tertiary/aromatic N) is 1.